The van der Waals surface area contributed by atoms with E-state index >= 15 is 0 Å². The SMILES string of the molecule is Cc1cc2scc(N)c2cc1C(=O)O. The van der Waals surface area contributed by atoms with Gasteiger partial charge in [-0.3, -0.25) is 0 Å². The Bertz CT molecular complexity index is 516. The third kappa shape index (κ3) is 1.24. The molecule has 0 saturated heterocycles. The molecule has 2 rings (SSSR count). The molecule has 0 aliphatic carbocycles. The molecular formula is C10H9NO2S. The highest BCUT2D eigenvalue weighted by Gasteiger charge is 2.10. The monoisotopic (exact) mass is 207 g/mol. The summed E-state index contributed by atoms with van der Waals surface area (Å²) in [5.74, 6) is -0.907. The van der Waals surface area contributed by atoms with E-state index in [2.05, 4.69) is 0 Å². The van der Waals surface area contributed by atoms with Gasteiger partial charge in [-0.1, -0.05) is 0 Å². The zero-order valence-electron chi connectivity index (χ0n) is 7.57. The van der Waals surface area contributed by atoms with E-state index in [0.717, 1.165) is 15.6 Å². The van der Waals surface area contributed by atoms with Crippen LogP contribution in [0.2, 0.25) is 0 Å². The topological polar surface area (TPSA) is 63.3 Å². The molecule has 3 N–H and O–H groups in total. The number of nitrogen functional groups attached to an aromatic ring is 1. The average molecular weight is 207 g/mol. The number of nitrogens with two attached hydrogens (primary N) is 1. The molecule has 1 aromatic heterocycles. The van der Waals surface area contributed by atoms with Crippen LogP contribution in [0.3, 0.4) is 0 Å². The Morgan fingerprint density at radius 3 is 2.86 bits per heavy atom. The zero-order valence-corrected chi connectivity index (χ0v) is 8.39. The number of thiophene rings is 1. The van der Waals surface area contributed by atoms with E-state index in [-0.39, 0.29) is 0 Å². The first-order valence-electron chi connectivity index (χ1n) is 4.10. The Morgan fingerprint density at radius 1 is 1.50 bits per heavy atom. The summed E-state index contributed by atoms with van der Waals surface area (Å²) in [6.45, 7) is 1.79. The van der Waals surface area contributed by atoms with Crippen molar-refractivity contribution in [1.82, 2.24) is 0 Å². The summed E-state index contributed by atoms with van der Waals surface area (Å²) in [5.41, 5.74) is 7.45. The maximum atomic E-state index is 10.9. The molecule has 0 bridgehead atoms. The average Bonchev–Trinajstić information content (AvgIpc) is 2.46. The number of hydrogen-bond donors (Lipinski definition) is 2. The molecule has 3 nitrogen and oxygen atoms in total. The van der Waals surface area contributed by atoms with Gasteiger partial charge in [0.05, 0.1) is 11.3 Å². The van der Waals surface area contributed by atoms with Crippen molar-refractivity contribution in [3.63, 3.8) is 0 Å². The van der Waals surface area contributed by atoms with Crippen molar-refractivity contribution in [1.29, 1.82) is 0 Å². The quantitative estimate of drug-likeness (QED) is 0.755. The first-order chi connectivity index (χ1) is 6.59. The minimum atomic E-state index is -0.907. The lowest BCUT2D eigenvalue weighted by atomic mass is 10.1. The van der Waals surface area contributed by atoms with Crippen LogP contribution in [0.1, 0.15) is 15.9 Å². The molecule has 0 saturated carbocycles. The molecule has 1 heterocycles. The molecule has 0 aliphatic rings. The van der Waals surface area contributed by atoms with Crippen molar-refractivity contribution < 1.29 is 9.90 Å². The lowest BCUT2D eigenvalue weighted by molar-refractivity contribution is 0.0696. The summed E-state index contributed by atoms with van der Waals surface area (Å²) in [5, 5.41) is 11.6. The molecule has 0 amide bonds. The Morgan fingerprint density at radius 2 is 2.21 bits per heavy atom. The van der Waals surface area contributed by atoms with Gasteiger partial charge in [-0.25, -0.2) is 4.79 Å². The number of carboxylic acids is 1. The van der Waals surface area contributed by atoms with E-state index in [0.29, 0.717) is 11.3 Å². The first kappa shape index (κ1) is 9.02. The maximum Gasteiger partial charge on any atom is 0.335 e. The summed E-state index contributed by atoms with van der Waals surface area (Å²) < 4.78 is 1.03. The molecule has 0 fully saturated rings. The number of carboxylic acid groups (broad SMARTS) is 1. The minimum Gasteiger partial charge on any atom is -0.478 e. The minimum absolute atomic E-state index is 0.322. The lowest BCUT2D eigenvalue weighted by Gasteiger charge is -2.00. The summed E-state index contributed by atoms with van der Waals surface area (Å²) in [7, 11) is 0. The van der Waals surface area contributed by atoms with E-state index in [9.17, 15) is 4.79 Å². The molecule has 0 radical (unpaired) electrons. The Kier molecular flexibility index (Phi) is 1.93. The molecule has 0 spiro atoms. The molecule has 1 aromatic carbocycles. The van der Waals surface area contributed by atoms with Crippen molar-refractivity contribution >= 4 is 33.1 Å². The second kappa shape index (κ2) is 2.99. The second-order valence-corrected chi connectivity index (χ2v) is 4.07. The third-order valence-corrected chi connectivity index (χ3v) is 3.14. The van der Waals surface area contributed by atoms with E-state index in [1.807, 2.05) is 11.4 Å². The summed E-state index contributed by atoms with van der Waals surface area (Å²) >= 11 is 1.53. The number of aryl methyl sites for hydroxylation is 1. The largest absolute Gasteiger partial charge is 0.478 e. The summed E-state index contributed by atoms with van der Waals surface area (Å²) in [6, 6.07) is 3.50. The van der Waals surface area contributed by atoms with Crippen molar-refractivity contribution in [2.75, 3.05) is 5.73 Å². The predicted octanol–water partition coefficient (Wildman–Crippen LogP) is 2.49. The number of benzene rings is 1. The van der Waals surface area contributed by atoms with Crippen molar-refractivity contribution in [3.8, 4) is 0 Å². The van der Waals surface area contributed by atoms with Crippen molar-refractivity contribution in [2.24, 2.45) is 0 Å². The van der Waals surface area contributed by atoms with Crippen LogP contribution in [-0.4, -0.2) is 11.1 Å². The van der Waals surface area contributed by atoms with Gasteiger partial charge in [0, 0.05) is 15.5 Å². The number of rotatable bonds is 1. The van der Waals surface area contributed by atoms with E-state index in [1.165, 1.54) is 11.3 Å². The van der Waals surface area contributed by atoms with Crippen LogP contribution in [0.5, 0.6) is 0 Å². The Labute approximate surface area is 84.8 Å². The number of hydrogen-bond acceptors (Lipinski definition) is 3. The van der Waals surface area contributed by atoms with E-state index < -0.39 is 5.97 Å². The molecule has 72 valence electrons. The second-order valence-electron chi connectivity index (χ2n) is 3.16. The summed E-state index contributed by atoms with van der Waals surface area (Å²) in [6.07, 6.45) is 0. The van der Waals surface area contributed by atoms with Gasteiger partial charge in [-0.05, 0) is 24.6 Å². The van der Waals surface area contributed by atoms with Crippen LogP contribution in [-0.2, 0) is 0 Å². The molecule has 4 heteroatoms. The number of anilines is 1. The van der Waals surface area contributed by atoms with Crippen LogP contribution >= 0.6 is 11.3 Å². The number of carbonyl (C=O) groups is 1. The van der Waals surface area contributed by atoms with Crippen LogP contribution in [0, 0.1) is 6.92 Å². The van der Waals surface area contributed by atoms with Gasteiger partial charge in [-0.15, -0.1) is 11.3 Å². The fourth-order valence-electron chi connectivity index (χ4n) is 1.43. The lowest BCUT2D eigenvalue weighted by Crippen LogP contribution is -1.99. The molecule has 0 unspecified atom stereocenters. The van der Waals surface area contributed by atoms with Crippen molar-refractivity contribution in [2.45, 2.75) is 6.92 Å². The predicted molar refractivity (Wildman–Crippen MR) is 57.9 cm³/mol. The Balaban J connectivity index is 2.80. The number of fused-ring (bicyclic) bond motifs is 1. The van der Waals surface area contributed by atoms with Crippen LogP contribution in [0.25, 0.3) is 10.1 Å². The highest BCUT2D eigenvalue weighted by atomic mass is 32.1. The smallest absolute Gasteiger partial charge is 0.335 e. The van der Waals surface area contributed by atoms with Gasteiger partial charge in [-0.2, -0.15) is 0 Å². The highest BCUT2D eigenvalue weighted by molar-refractivity contribution is 7.17. The van der Waals surface area contributed by atoms with Gasteiger partial charge >= 0.3 is 5.97 Å². The fourth-order valence-corrected chi connectivity index (χ4v) is 2.35. The highest BCUT2D eigenvalue weighted by Crippen LogP contribution is 2.30. The van der Waals surface area contributed by atoms with Gasteiger partial charge in [0.2, 0.25) is 0 Å². The van der Waals surface area contributed by atoms with Crippen molar-refractivity contribution in [3.05, 3.63) is 28.6 Å². The summed E-state index contributed by atoms with van der Waals surface area (Å²) in [4.78, 5) is 10.9. The van der Waals surface area contributed by atoms with Gasteiger partial charge in [0.15, 0.2) is 0 Å². The van der Waals surface area contributed by atoms with E-state index in [1.54, 1.807) is 13.0 Å². The van der Waals surface area contributed by atoms with Crippen LogP contribution < -0.4 is 5.73 Å². The van der Waals surface area contributed by atoms with Crippen LogP contribution in [0.15, 0.2) is 17.5 Å². The maximum absolute atomic E-state index is 10.9. The first-order valence-corrected chi connectivity index (χ1v) is 4.98. The normalized spacial score (nSPS) is 10.6. The fraction of sp³-hybridized carbons (Fsp3) is 0.100. The van der Waals surface area contributed by atoms with Gasteiger partial charge in [0.1, 0.15) is 0 Å². The van der Waals surface area contributed by atoms with E-state index in [4.69, 9.17) is 10.8 Å². The molecular weight excluding hydrogens is 198 g/mol. The molecule has 2 aromatic rings. The standard InChI is InChI=1S/C10H9NO2S/c1-5-2-9-7(8(11)4-14-9)3-6(5)10(12)13/h2-4H,11H2,1H3,(H,12,13). The van der Waals surface area contributed by atoms with Crippen LogP contribution in [0.4, 0.5) is 5.69 Å². The van der Waals surface area contributed by atoms with Gasteiger partial charge < -0.3 is 10.8 Å². The molecule has 14 heavy (non-hydrogen) atoms. The number of aromatic carboxylic acids is 1. The molecule has 0 atom stereocenters. The third-order valence-electron chi connectivity index (χ3n) is 2.18. The Hall–Kier alpha value is -1.55. The molecule has 0 aliphatic heterocycles. The van der Waals surface area contributed by atoms with Gasteiger partial charge in [0.25, 0.3) is 0 Å². The zero-order chi connectivity index (χ0) is 10.3.